The first-order valence-electron chi connectivity index (χ1n) is 8.84. The number of carbonyl (C=O) groups excluding carboxylic acids is 2. The fourth-order valence-electron chi connectivity index (χ4n) is 2.17. The Morgan fingerprint density at radius 3 is 2.09 bits per heavy atom. The average Bonchev–Trinajstić information content (AvgIpc) is 2.66. The summed E-state index contributed by atoms with van der Waals surface area (Å²) in [5.74, 6) is -2.23. The van der Waals surface area contributed by atoms with Crippen LogP contribution in [0, 0.1) is 5.41 Å². The molecule has 2 aromatic rings. The molecule has 0 aliphatic carbocycles. The molecular formula is C20H24N2NaO8S. The number of carbonyl (C=O) groups is 3. The molecule has 1 amide bonds. The molecule has 0 unspecified atom stereocenters. The minimum absolute atomic E-state index is 0. The number of nitrogens with one attached hydrogen (secondary N) is 2. The van der Waals surface area contributed by atoms with Crippen LogP contribution in [0.2, 0.25) is 0 Å². The first kappa shape index (κ1) is 29.6. The SMILES string of the molecule is CC(C)(C)C(=O)Oc1ccc(S(=O)(=O)Nc2ccccc2C(=O)NCC(=O)O)cc1.O.[Na]. The van der Waals surface area contributed by atoms with E-state index in [0.29, 0.717) is 0 Å². The second-order valence-corrected chi connectivity index (χ2v) is 9.02. The second kappa shape index (κ2) is 12.0. The minimum Gasteiger partial charge on any atom is -0.480 e. The van der Waals surface area contributed by atoms with Gasteiger partial charge in [0.25, 0.3) is 15.9 Å². The number of sulfonamides is 1. The van der Waals surface area contributed by atoms with Crippen molar-refractivity contribution in [2.45, 2.75) is 25.7 Å². The number of para-hydroxylation sites is 1. The number of anilines is 1. The molecule has 0 heterocycles. The molecule has 169 valence electrons. The van der Waals surface area contributed by atoms with E-state index < -0.39 is 39.8 Å². The standard InChI is InChI=1S/C20H22N2O7S.Na.H2O/c1-20(2,3)19(26)29-13-8-10-14(11-9-13)30(27,28)22-16-7-5-4-6-15(16)18(25)21-12-17(23)24;;/h4-11,22H,12H2,1-3H3,(H,21,25)(H,23,24);;1H2. The molecule has 0 fully saturated rings. The Kier molecular flexibility index (Phi) is 11.1. The van der Waals surface area contributed by atoms with Gasteiger partial charge in [0.15, 0.2) is 0 Å². The zero-order valence-corrected chi connectivity index (χ0v) is 20.9. The third kappa shape index (κ3) is 8.24. The minimum atomic E-state index is -4.06. The number of hydrogen-bond acceptors (Lipinski definition) is 6. The van der Waals surface area contributed by atoms with Crippen LogP contribution in [0.15, 0.2) is 53.4 Å². The maximum absolute atomic E-state index is 12.7. The van der Waals surface area contributed by atoms with Crippen LogP contribution < -0.4 is 14.8 Å². The largest absolute Gasteiger partial charge is 0.480 e. The number of aliphatic carboxylic acids is 1. The van der Waals surface area contributed by atoms with E-state index in [2.05, 4.69) is 10.0 Å². The maximum Gasteiger partial charge on any atom is 0.322 e. The molecule has 32 heavy (non-hydrogen) atoms. The summed E-state index contributed by atoms with van der Waals surface area (Å²) >= 11 is 0. The van der Waals surface area contributed by atoms with Gasteiger partial charge in [-0.2, -0.15) is 0 Å². The van der Waals surface area contributed by atoms with Crippen molar-refractivity contribution in [1.29, 1.82) is 0 Å². The topological polar surface area (TPSA) is 170 Å². The van der Waals surface area contributed by atoms with Crippen molar-refractivity contribution >= 4 is 63.1 Å². The van der Waals surface area contributed by atoms with Crippen molar-refractivity contribution in [1.82, 2.24) is 5.32 Å². The number of esters is 1. The fraction of sp³-hybridized carbons (Fsp3) is 0.250. The van der Waals surface area contributed by atoms with Gasteiger partial charge in [0.2, 0.25) is 0 Å². The number of amides is 1. The van der Waals surface area contributed by atoms with Crippen molar-refractivity contribution in [2.75, 3.05) is 11.3 Å². The summed E-state index contributed by atoms with van der Waals surface area (Å²) in [7, 11) is -4.06. The summed E-state index contributed by atoms with van der Waals surface area (Å²) in [5.41, 5.74) is -0.751. The van der Waals surface area contributed by atoms with Crippen LogP contribution >= 0.6 is 0 Å². The van der Waals surface area contributed by atoms with E-state index in [9.17, 15) is 22.8 Å². The summed E-state index contributed by atoms with van der Waals surface area (Å²) in [6, 6.07) is 11.0. The summed E-state index contributed by atoms with van der Waals surface area (Å²) in [4.78, 5) is 34.6. The van der Waals surface area contributed by atoms with Gasteiger partial charge in [0.05, 0.1) is 21.6 Å². The van der Waals surface area contributed by atoms with Gasteiger partial charge in [-0.25, -0.2) is 8.42 Å². The molecule has 0 spiro atoms. The predicted molar refractivity (Wildman–Crippen MR) is 118 cm³/mol. The van der Waals surface area contributed by atoms with Gasteiger partial charge in [0, 0.05) is 29.6 Å². The Labute approximate surface area is 208 Å². The van der Waals surface area contributed by atoms with Crippen LogP contribution in [-0.4, -0.2) is 72.9 Å². The first-order chi connectivity index (χ1) is 13.9. The van der Waals surface area contributed by atoms with Gasteiger partial charge in [-0.15, -0.1) is 0 Å². The molecule has 0 bridgehead atoms. The van der Waals surface area contributed by atoms with E-state index in [4.69, 9.17) is 9.84 Å². The van der Waals surface area contributed by atoms with Crippen LogP contribution in [-0.2, 0) is 19.6 Å². The molecular weight excluding hydrogens is 451 g/mol. The van der Waals surface area contributed by atoms with Crippen LogP contribution in [0.25, 0.3) is 0 Å². The van der Waals surface area contributed by atoms with E-state index in [1.807, 2.05) is 0 Å². The second-order valence-electron chi connectivity index (χ2n) is 7.34. The third-order valence-electron chi connectivity index (χ3n) is 3.77. The molecule has 2 aromatic carbocycles. The Balaban J connectivity index is 0.00000480. The molecule has 10 nitrogen and oxygen atoms in total. The number of carboxylic acids is 1. The van der Waals surface area contributed by atoms with E-state index in [1.54, 1.807) is 20.8 Å². The number of rotatable bonds is 7. The Hall–Kier alpha value is -2.44. The zero-order valence-electron chi connectivity index (χ0n) is 18.1. The molecule has 2 rings (SSSR count). The molecule has 0 saturated carbocycles. The molecule has 1 radical (unpaired) electrons. The van der Waals surface area contributed by atoms with Crippen molar-refractivity contribution < 1.29 is 38.1 Å². The maximum atomic E-state index is 12.7. The predicted octanol–water partition coefficient (Wildman–Crippen LogP) is 1.05. The normalized spacial score (nSPS) is 10.7. The average molecular weight is 475 g/mol. The molecule has 5 N–H and O–H groups in total. The Morgan fingerprint density at radius 1 is 1.00 bits per heavy atom. The third-order valence-corrected chi connectivity index (χ3v) is 5.15. The first-order valence-corrected chi connectivity index (χ1v) is 10.3. The number of ether oxygens (including phenoxy) is 1. The number of benzene rings is 2. The van der Waals surface area contributed by atoms with Crippen molar-refractivity contribution in [3.63, 3.8) is 0 Å². The number of hydrogen-bond donors (Lipinski definition) is 3. The Morgan fingerprint density at radius 2 is 1.56 bits per heavy atom. The van der Waals surface area contributed by atoms with Gasteiger partial charge in [-0.1, -0.05) is 12.1 Å². The van der Waals surface area contributed by atoms with Crippen molar-refractivity contribution in [3.8, 4) is 5.75 Å². The van der Waals surface area contributed by atoms with Gasteiger partial charge in [-0.3, -0.25) is 19.1 Å². The van der Waals surface area contributed by atoms with Crippen LogP contribution in [0.3, 0.4) is 0 Å². The van der Waals surface area contributed by atoms with Crippen molar-refractivity contribution in [3.05, 3.63) is 54.1 Å². The van der Waals surface area contributed by atoms with Gasteiger partial charge in [-0.05, 0) is 57.2 Å². The van der Waals surface area contributed by atoms with Crippen molar-refractivity contribution in [2.24, 2.45) is 5.41 Å². The summed E-state index contributed by atoms with van der Waals surface area (Å²) in [5, 5.41) is 10.9. The summed E-state index contributed by atoms with van der Waals surface area (Å²) < 4.78 is 32.9. The Bertz CT molecular complexity index is 1060. The molecule has 0 aliphatic rings. The summed E-state index contributed by atoms with van der Waals surface area (Å²) in [6.07, 6.45) is 0. The quantitative estimate of drug-likeness (QED) is 0.305. The van der Waals surface area contributed by atoms with E-state index in [0.717, 1.165) is 0 Å². The summed E-state index contributed by atoms with van der Waals surface area (Å²) in [6.45, 7) is 4.49. The fourth-order valence-corrected chi connectivity index (χ4v) is 3.25. The molecule has 0 aliphatic heterocycles. The van der Waals surface area contributed by atoms with E-state index in [1.165, 1.54) is 48.5 Å². The van der Waals surface area contributed by atoms with Gasteiger partial charge >= 0.3 is 11.9 Å². The molecule has 12 heteroatoms. The van der Waals surface area contributed by atoms with E-state index >= 15 is 0 Å². The van der Waals surface area contributed by atoms with Gasteiger partial charge < -0.3 is 20.6 Å². The van der Waals surface area contributed by atoms with Crippen LogP contribution in [0.1, 0.15) is 31.1 Å². The molecule has 0 atom stereocenters. The molecule has 0 aromatic heterocycles. The zero-order chi connectivity index (χ0) is 22.5. The van der Waals surface area contributed by atoms with Gasteiger partial charge in [0.1, 0.15) is 12.3 Å². The number of carboxylic acid groups (broad SMARTS) is 1. The van der Waals surface area contributed by atoms with E-state index in [-0.39, 0.29) is 56.9 Å². The van der Waals surface area contributed by atoms with Crippen LogP contribution in [0.5, 0.6) is 5.75 Å². The smallest absolute Gasteiger partial charge is 0.322 e. The monoisotopic (exact) mass is 475 g/mol. The van der Waals surface area contributed by atoms with Crippen LogP contribution in [0.4, 0.5) is 5.69 Å². The molecule has 0 saturated heterocycles.